The lowest BCUT2D eigenvalue weighted by atomic mass is 9.94. The number of hydrogen-bond acceptors (Lipinski definition) is 5. The van der Waals surface area contributed by atoms with Gasteiger partial charge in [0.2, 0.25) is 0 Å². The van der Waals surface area contributed by atoms with Crippen LogP contribution in [0.5, 0.6) is 0 Å². The van der Waals surface area contributed by atoms with Gasteiger partial charge < -0.3 is 16.0 Å². The highest BCUT2D eigenvalue weighted by molar-refractivity contribution is 14.0. The maximum Gasteiger partial charge on any atom is 0.191 e. The number of hydrogen-bond donors (Lipinski definition) is 3. The number of rotatable bonds is 6. The minimum Gasteiger partial charge on any atom is -0.368 e. The Morgan fingerprint density at radius 2 is 1.84 bits per heavy atom. The number of aliphatic imine (C=N–C) groups is 1. The number of nitrogens with zero attached hydrogens (tertiary/aromatic N) is 2. The van der Waals surface area contributed by atoms with E-state index in [2.05, 4.69) is 63.2 Å². The molecule has 0 bridgehead atoms. The van der Waals surface area contributed by atoms with Crippen molar-refractivity contribution in [2.24, 2.45) is 4.99 Å². The number of guanidine groups is 1. The van der Waals surface area contributed by atoms with Gasteiger partial charge in [0.15, 0.2) is 5.96 Å². The minimum absolute atomic E-state index is 0. The van der Waals surface area contributed by atoms with E-state index in [1.807, 2.05) is 25.1 Å². The largest absolute Gasteiger partial charge is 0.368 e. The second kappa shape index (κ2) is 9.60. The summed E-state index contributed by atoms with van der Waals surface area (Å²) in [6.45, 7) is 6.65. The lowest BCUT2D eigenvalue weighted by Crippen LogP contribution is -2.42. The van der Waals surface area contributed by atoms with E-state index < -0.39 is 0 Å². The summed E-state index contributed by atoms with van der Waals surface area (Å²) in [5, 5.41) is 10.2. The van der Waals surface area contributed by atoms with E-state index in [0.29, 0.717) is 12.0 Å². The van der Waals surface area contributed by atoms with Crippen LogP contribution in [0.25, 0.3) is 0 Å². The molecule has 0 saturated carbocycles. The molecule has 1 aromatic heterocycles. The number of nitrogens with one attached hydrogen (secondary N) is 3. The topological polar surface area (TPSA) is 61.3 Å². The van der Waals surface area contributed by atoms with Gasteiger partial charge in [-0.2, -0.15) is 0 Å². The molecule has 6 heteroatoms. The van der Waals surface area contributed by atoms with Gasteiger partial charge in [0.05, 0.1) is 12.6 Å². The van der Waals surface area contributed by atoms with Crippen molar-refractivity contribution in [2.45, 2.75) is 25.8 Å². The average Bonchev–Trinajstić information content (AvgIpc) is 3.08. The monoisotopic (exact) mass is 451 g/mol. The van der Waals surface area contributed by atoms with Crippen molar-refractivity contribution in [1.82, 2.24) is 15.6 Å². The van der Waals surface area contributed by atoms with E-state index in [0.717, 1.165) is 37.1 Å². The summed E-state index contributed by atoms with van der Waals surface area (Å²) < 4.78 is 0. The van der Waals surface area contributed by atoms with E-state index >= 15 is 0 Å². The fourth-order valence-corrected chi connectivity index (χ4v) is 2.85. The standard InChI is InChI=1S/C19H25N5.HI/c1-14-7-6-10-18(23-14)20-11-12-21-19-22-13-17(24-19)15(2)16-8-4-3-5-9-16;/h3-10,15,17H,11-13H2,1-2H3,(H,20,23)(H2,21,22,24);1H. The molecule has 0 spiro atoms. The number of aromatic nitrogens is 1. The van der Waals surface area contributed by atoms with Crippen LogP contribution in [0, 0.1) is 6.92 Å². The molecule has 134 valence electrons. The Kier molecular flexibility index (Phi) is 7.49. The maximum absolute atomic E-state index is 4.57. The normalized spacial score (nSPS) is 17.0. The van der Waals surface area contributed by atoms with Gasteiger partial charge >= 0.3 is 0 Å². The molecule has 0 amide bonds. The molecule has 2 unspecified atom stereocenters. The maximum atomic E-state index is 4.57. The van der Waals surface area contributed by atoms with Crippen LogP contribution in [0.4, 0.5) is 5.82 Å². The molecule has 25 heavy (non-hydrogen) atoms. The molecule has 5 nitrogen and oxygen atoms in total. The summed E-state index contributed by atoms with van der Waals surface area (Å²) in [6, 6.07) is 16.9. The van der Waals surface area contributed by atoms with Crippen molar-refractivity contribution < 1.29 is 0 Å². The quantitative estimate of drug-likeness (QED) is 0.467. The van der Waals surface area contributed by atoms with Crippen LogP contribution >= 0.6 is 24.0 Å². The van der Waals surface area contributed by atoms with Crippen LogP contribution in [0.1, 0.15) is 24.1 Å². The molecule has 1 aliphatic rings. The molecule has 2 atom stereocenters. The van der Waals surface area contributed by atoms with Crippen molar-refractivity contribution in [1.29, 1.82) is 0 Å². The summed E-state index contributed by atoms with van der Waals surface area (Å²) in [6.07, 6.45) is 0. The third-order valence-corrected chi connectivity index (χ3v) is 4.31. The molecule has 1 aromatic carbocycles. The summed E-state index contributed by atoms with van der Waals surface area (Å²) >= 11 is 0. The summed E-state index contributed by atoms with van der Waals surface area (Å²) in [4.78, 5) is 9.00. The predicted molar refractivity (Wildman–Crippen MR) is 115 cm³/mol. The number of anilines is 1. The summed E-state index contributed by atoms with van der Waals surface area (Å²) in [5.74, 6) is 2.24. The number of aryl methyl sites for hydroxylation is 1. The van der Waals surface area contributed by atoms with Gasteiger partial charge in [-0.05, 0) is 24.6 Å². The van der Waals surface area contributed by atoms with E-state index in [9.17, 15) is 0 Å². The Morgan fingerprint density at radius 1 is 1.08 bits per heavy atom. The third-order valence-electron chi connectivity index (χ3n) is 4.31. The van der Waals surface area contributed by atoms with E-state index in [4.69, 9.17) is 0 Å². The van der Waals surface area contributed by atoms with Gasteiger partial charge in [0, 0.05) is 24.7 Å². The Bertz CT molecular complexity index is 689. The molecule has 1 aliphatic heterocycles. The molecule has 0 saturated heterocycles. The lowest BCUT2D eigenvalue weighted by molar-refractivity contribution is 0.552. The minimum atomic E-state index is 0. The Hall–Kier alpha value is -1.83. The van der Waals surface area contributed by atoms with Gasteiger partial charge in [0.1, 0.15) is 5.82 Å². The van der Waals surface area contributed by atoms with Crippen molar-refractivity contribution in [3.8, 4) is 0 Å². The van der Waals surface area contributed by atoms with E-state index in [-0.39, 0.29) is 24.0 Å². The zero-order valence-corrected chi connectivity index (χ0v) is 17.0. The van der Waals surface area contributed by atoms with Crippen molar-refractivity contribution >= 4 is 35.8 Å². The van der Waals surface area contributed by atoms with Gasteiger partial charge in [0.25, 0.3) is 0 Å². The van der Waals surface area contributed by atoms with Crippen LogP contribution in [-0.2, 0) is 0 Å². The Morgan fingerprint density at radius 3 is 2.60 bits per heavy atom. The zero-order valence-electron chi connectivity index (χ0n) is 14.7. The number of pyridine rings is 1. The molecular weight excluding hydrogens is 425 g/mol. The number of halogens is 1. The van der Waals surface area contributed by atoms with Crippen LogP contribution in [-0.4, -0.2) is 36.6 Å². The van der Waals surface area contributed by atoms with E-state index in [1.165, 1.54) is 5.56 Å². The first-order valence-electron chi connectivity index (χ1n) is 8.50. The molecule has 2 heterocycles. The molecule has 0 radical (unpaired) electrons. The highest BCUT2D eigenvalue weighted by Crippen LogP contribution is 2.20. The van der Waals surface area contributed by atoms with Crippen LogP contribution in [0.15, 0.2) is 53.5 Å². The number of benzene rings is 1. The fraction of sp³-hybridized carbons (Fsp3) is 0.368. The summed E-state index contributed by atoms with van der Waals surface area (Å²) in [5.41, 5.74) is 2.37. The van der Waals surface area contributed by atoms with Gasteiger partial charge in [-0.15, -0.1) is 24.0 Å². The first-order chi connectivity index (χ1) is 11.7. The molecule has 2 aromatic rings. The first-order valence-corrected chi connectivity index (χ1v) is 8.50. The van der Waals surface area contributed by atoms with Crippen LogP contribution < -0.4 is 16.0 Å². The third kappa shape index (κ3) is 5.59. The molecule has 0 fully saturated rings. The highest BCUT2D eigenvalue weighted by atomic mass is 127. The first kappa shape index (κ1) is 19.5. The van der Waals surface area contributed by atoms with Crippen molar-refractivity contribution in [3.63, 3.8) is 0 Å². The van der Waals surface area contributed by atoms with Gasteiger partial charge in [-0.1, -0.05) is 43.3 Å². The SMILES string of the molecule is Cc1cccc(NCCNC2=NCC(C(C)c3ccccc3)N2)n1.I. The van der Waals surface area contributed by atoms with Crippen LogP contribution in [0.2, 0.25) is 0 Å². The second-order valence-corrected chi connectivity index (χ2v) is 6.16. The molecule has 0 aliphatic carbocycles. The Labute approximate surface area is 166 Å². The Balaban J connectivity index is 0.00000225. The molecular formula is C19H26IN5. The smallest absolute Gasteiger partial charge is 0.191 e. The van der Waals surface area contributed by atoms with Crippen molar-refractivity contribution in [2.75, 3.05) is 25.0 Å². The fourth-order valence-electron chi connectivity index (χ4n) is 2.85. The van der Waals surface area contributed by atoms with Crippen LogP contribution in [0.3, 0.4) is 0 Å². The van der Waals surface area contributed by atoms with Gasteiger partial charge in [-0.25, -0.2) is 4.98 Å². The zero-order chi connectivity index (χ0) is 16.8. The predicted octanol–water partition coefficient (Wildman–Crippen LogP) is 3.14. The molecule has 3 rings (SSSR count). The molecule has 3 N–H and O–H groups in total. The summed E-state index contributed by atoms with van der Waals surface area (Å²) in [7, 11) is 0. The van der Waals surface area contributed by atoms with E-state index in [1.54, 1.807) is 0 Å². The average molecular weight is 451 g/mol. The highest BCUT2D eigenvalue weighted by Gasteiger charge is 2.23. The second-order valence-electron chi connectivity index (χ2n) is 6.16. The lowest BCUT2D eigenvalue weighted by Gasteiger charge is -2.20. The van der Waals surface area contributed by atoms with Gasteiger partial charge in [-0.3, -0.25) is 4.99 Å². The van der Waals surface area contributed by atoms with Crippen molar-refractivity contribution in [3.05, 3.63) is 59.8 Å².